The van der Waals surface area contributed by atoms with E-state index in [1.165, 1.54) is 19.3 Å². The second-order valence-electron chi connectivity index (χ2n) is 5.79. The highest BCUT2D eigenvalue weighted by Gasteiger charge is 2.33. The van der Waals surface area contributed by atoms with Gasteiger partial charge >= 0.3 is 0 Å². The van der Waals surface area contributed by atoms with E-state index in [-0.39, 0.29) is 0 Å². The predicted molar refractivity (Wildman–Crippen MR) is 55.1 cm³/mol. The first-order valence-electron chi connectivity index (χ1n) is 5.42. The molecule has 12 heavy (non-hydrogen) atoms. The third kappa shape index (κ3) is 2.24. The zero-order chi connectivity index (χ0) is 9.35. The van der Waals surface area contributed by atoms with Crippen LogP contribution in [0.2, 0.25) is 0 Å². The van der Waals surface area contributed by atoms with Gasteiger partial charge in [-0.1, -0.05) is 34.6 Å². The molecule has 1 rings (SSSR count). The first-order valence-corrected chi connectivity index (χ1v) is 5.42. The van der Waals surface area contributed by atoms with Gasteiger partial charge in [0.15, 0.2) is 0 Å². The van der Waals surface area contributed by atoms with Gasteiger partial charge in [0, 0.05) is 0 Å². The minimum atomic E-state index is 0.616. The fraction of sp³-hybridized carbons (Fsp3) is 1.00. The van der Waals surface area contributed by atoms with Crippen LogP contribution in [0.5, 0.6) is 0 Å². The van der Waals surface area contributed by atoms with Crippen molar-refractivity contribution in [3.8, 4) is 0 Å². The van der Waals surface area contributed by atoms with E-state index in [1.807, 2.05) is 0 Å². The zero-order valence-corrected chi connectivity index (χ0v) is 9.35. The van der Waals surface area contributed by atoms with Crippen molar-refractivity contribution in [3.63, 3.8) is 0 Å². The maximum Gasteiger partial charge on any atom is -0.0351 e. The summed E-state index contributed by atoms with van der Waals surface area (Å²) >= 11 is 0. The van der Waals surface area contributed by atoms with E-state index in [0.717, 1.165) is 17.8 Å². The summed E-state index contributed by atoms with van der Waals surface area (Å²) < 4.78 is 0. The van der Waals surface area contributed by atoms with E-state index >= 15 is 0 Å². The van der Waals surface area contributed by atoms with Gasteiger partial charge in [0.25, 0.3) is 0 Å². The molecule has 0 aromatic heterocycles. The summed E-state index contributed by atoms with van der Waals surface area (Å²) in [5.41, 5.74) is 0.616. The molecule has 0 spiro atoms. The van der Waals surface area contributed by atoms with Gasteiger partial charge in [-0.15, -0.1) is 0 Å². The van der Waals surface area contributed by atoms with Crippen molar-refractivity contribution < 1.29 is 0 Å². The summed E-state index contributed by atoms with van der Waals surface area (Å²) in [7, 11) is 0. The van der Waals surface area contributed by atoms with Crippen molar-refractivity contribution in [3.05, 3.63) is 0 Å². The normalized spacial score (nSPS) is 35.5. The van der Waals surface area contributed by atoms with Gasteiger partial charge < -0.3 is 0 Å². The van der Waals surface area contributed by atoms with Gasteiger partial charge in [0.2, 0.25) is 0 Å². The summed E-state index contributed by atoms with van der Waals surface area (Å²) in [4.78, 5) is 0. The molecule has 0 nitrogen and oxygen atoms in total. The minimum Gasteiger partial charge on any atom is -0.0625 e. The molecule has 0 radical (unpaired) electrons. The van der Waals surface area contributed by atoms with Crippen molar-refractivity contribution in [2.24, 2.45) is 23.2 Å². The molecule has 0 aliphatic heterocycles. The van der Waals surface area contributed by atoms with Gasteiger partial charge in [-0.25, -0.2) is 0 Å². The summed E-state index contributed by atoms with van der Waals surface area (Å²) in [6.07, 6.45) is 4.31. The highest BCUT2D eigenvalue weighted by Crippen LogP contribution is 2.44. The minimum absolute atomic E-state index is 0.616. The van der Waals surface area contributed by atoms with Crippen LogP contribution < -0.4 is 0 Å². The molecule has 0 heteroatoms. The third-order valence-corrected chi connectivity index (χ3v) is 3.62. The SMILES string of the molecule is CC(C)C1CCC(C)(C)CC1C. The molecule has 0 aromatic rings. The highest BCUT2D eigenvalue weighted by molar-refractivity contribution is 4.83. The molecule has 0 heterocycles. The molecule has 1 aliphatic carbocycles. The largest absolute Gasteiger partial charge is 0.0625 e. The topological polar surface area (TPSA) is 0 Å². The van der Waals surface area contributed by atoms with Crippen molar-refractivity contribution in [1.29, 1.82) is 0 Å². The van der Waals surface area contributed by atoms with Gasteiger partial charge in [0.05, 0.1) is 0 Å². The molecule has 0 aromatic carbocycles. The number of hydrogen-bond acceptors (Lipinski definition) is 0. The lowest BCUT2D eigenvalue weighted by molar-refractivity contribution is 0.0996. The monoisotopic (exact) mass is 168 g/mol. The van der Waals surface area contributed by atoms with E-state index in [1.54, 1.807) is 0 Å². The van der Waals surface area contributed by atoms with Crippen LogP contribution in [0, 0.1) is 23.2 Å². The van der Waals surface area contributed by atoms with E-state index in [9.17, 15) is 0 Å². The smallest absolute Gasteiger partial charge is 0.0351 e. The van der Waals surface area contributed by atoms with Crippen molar-refractivity contribution in [1.82, 2.24) is 0 Å². The second kappa shape index (κ2) is 3.40. The van der Waals surface area contributed by atoms with Crippen molar-refractivity contribution >= 4 is 0 Å². The van der Waals surface area contributed by atoms with E-state index < -0.39 is 0 Å². The fourth-order valence-electron chi connectivity index (χ4n) is 2.96. The molecule has 0 saturated heterocycles. The standard InChI is InChI=1S/C12H24/c1-9(2)11-6-7-12(4,5)8-10(11)3/h9-11H,6-8H2,1-5H3. The summed E-state index contributed by atoms with van der Waals surface area (Å²) in [6.45, 7) is 12.0. The first-order chi connectivity index (χ1) is 5.42. The summed E-state index contributed by atoms with van der Waals surface area (Å²) in [6, 6.07) is 0. The average molecular weight is 168 g/mol. The first kappa shape index (κ1) is 10.1. The summed E-state index contributed by atoms with van der Waals surface area (Å²) in [5, 5.41) is 0. The van der Waals surface area contributed by atoms with Crippen LogP contribution in [-0.2, 0) is 0 Å². The van der Waals surface area contributed by atoms with Crippen LogP contribution in [0.3, 0.4) is 0 Å². The maximum absolute atomic E-state index is 2.44. The Morgan fingerprint density at radius 3 is 2.25 bits per heavy atom. The highest BCUT2D eigenvalue weighted by atomic mass is 14.4. The molecule has 1 saturated carbocycles. The van der Waals surface area contributed by atoms with E-state index in [2.05, 4.69) is 34.6 Å². The number of hydrogen-bond donors (Lipinski definition) is 0. The van der Waals surface area contributed by atoms with Crippen molar-refractivity contribution in [2.75, 3.05) is 0 Å². The van der Waals surface area contributed by atoms with E-state index in [4.69, 9.17) is 0 Å². The Labute approximate surface area is 77.7 Å². The Morgan fingerprint density at radius 1 is 1.25 bits per heavy atom. The van der Waals surface area contributed by atoms with Crippen LogP contribution >= 0.6 is 0 Å². The quantitative estimate of drug-likeness (QED) is 0.553. The lowest BCUT2D eigenvalue weighted by Gasteiger charge is -2.41. The Morgan fingerprint density at radius 2 is 1.83 bits per heavy atom. The van der Waals surface area contributed by atoms with Crippen LogP contribution in [0.15, 0.2) is 0 Å². The third-order valence-electron chi connectivity index (χ3n) is 3.62. The molecule has 72 valence electrons. The fourth-order valence-corrected chi connectivity index (χ4v) is 2.96. The molecular weight excluding hydrogens is 144 g/mol. The van der Waals surface area contributed by atoms with Gasteiger partial charge in [0.1, 0.15) is 0 Å². The van der Waals surface area contributed by atoms with E-state index in [0.29, 0.717) is 5.41 Å². The number of rotatable bonds is 1. The second-order valence-corrected chi connectivity index (χ2v) is 5.79. The van der Waals surface area contributed by atoms with Crippen LogP contribution in [-0.4, -0.2) is 0 Å². The Balaban J connectivity index is 2.54. The lowest BCUT2D eigenvalue weighted by Crippen LogP contribution is -2.30. The molecule has 2 atom stereocenters. The average Bonchev–Trinajstić information content (AvgIpc) is 1.83. The molecule has 0 N–H and O–H groups in total. The summed E-state index contributed by atoms with van der Waals surface area (Å²) in [5.74, 6) is 2.81. The maximum atomic E-state index is 2.44. The molecular formula is C12H24. The Bertz CT molecular complexity index is 144. The van der Waals surface area contributed by atoms with Gasteiger partial charge in [-0.05, 0) is 42.4 Å². The predicted octanol–water partition coefficient (Wildman–Crippen LogP) is 4.10. The molecule has 1 fully saturated rings. The Hall–Kier alpha value is 0. The van der Waals surface area contributed by atoms with Gasteiger partial charge in [-0.2, -0.15) is 0 Å². The van der Waals surface area contributed by atoms with Gasteiger partial charge in [-0.3, -0.25) is 0 Å². The van der Waals surface area contributed by atoms with Crippen molar-refractivity contribution in [2.45, 2.75) is 53.9 Å². The molecule has 1 aliphatic rings. The van der Waals surface area contributed by atoms with Crippen LogP contribution in [0.1, 0.15) is 53.9 Å². The van der Waals surface area contributed by atoms with Crippen LogP contribution in [0.4, 0.5) is 0 Å². The van der Waals surface area contributed by atoms with Crippen LogP contribution in [0.25, 0.3) is 0 Å². The molecule has 0 bridgehead atoms. The lowest BCUT2D eigenvalue weighted by atomic mass is 9.65. The zero-order valence-electron chi connectivity index (χ0n) is 9.35. The molecule has 0 amide bonds. The Kier molecular flexibility index (Phi) is 2.85. The molecule has 2 unspecified atom stereocenters.